The molecular formula is C8H8ClNO2. The highest BCUT2D eigenvalue weighted by atomic mass is 35.5. The van der Waals surface area contributed by atoms with Crippen LogP contribution in [-0.2, 0) is 9.63 Å². The molecule has 0 atom stereocenters. The first kappa shape index (κ1) is 9.00. The van der Waals surface area contributed by atoms with Crippen molar-refractivity contribution in [2.45, 2.75) is 6.92 Å². The third kappa shape index (κ3) is 1.74. The number of carbonyl (C=O) groups is 1. The van der Waals surface area contributed by atoms with E-state index in [2.05, 4.69) is 9.99 Å². The Balaban J connectivity index is 2.99. The molecule has 0 saturated carbocycles. The van der Waals surface area contributed by atoms with Gasteiger partial charge in [0.25, 0.3) is 0 Å². The van der Waals surface area contributed by atoms with Crippen molar-refractivity contribution in [1.82, 2.24) is 0 Å². The zero-order valence-corrected chi connectivity index (χ0v) is 7.55. The standard InChI is InChI=1S/C8H8ClNO2/c1-5-3-6(10-12-2)4-7(9)8(5)11/h3-4H,1-2H3/b10-6-. The van der Waals surface area contributed by atoms with Gasteiger partial charge in [0.15, 0.2) is 5.78 Å². The van der Waals surface area contributed by atoms with Crippen LogP contribution in [0.3, 0.4) is 0 Å². The fourth-order valence-electron chi connectivity index (χ4n) is 0.871. The molecule has 0 aromatic heterocycles. The van der Waals surface area contributed by atoms with Gasteiger partial charge in [0, 0.05) is 5.57 Å². The number of hydrogen-bond donors (Lipinski definition) is 0. The van der Waals surface area contributed by atoms with E-state index in [1.54, 1.807) is 13.0 Å². The lowest BCUT2D eigenvalue weighted by Crippen LogP contribution is -2.09. The number of oxime groups is 1. The lowest BCUT2D eigenvalue weighted by molar-refractivity contribution is -0.111. The van der Waals surface area contributed by atoms with Crippen LogP contribution in [-0.4, -0.2) is 18.6 Å². The van der Waals surface area contributed by atoms with E-state index in [1.165, 1.54) is 13.2 Å². The Morgan fingerprint density at radius 3 is 2.67 bits per heavy atom. The van der Waals surface area contributed by atoms with Crippen molar-refractivity contribution in [3.63, 3.8) is 0 Å². The number of hydrogen-bond acceptors (Lipinski definition) is 3. The van der Waals surface area contributed by atoms with Crippen molar-refractivity contribution in [2.24, 2.45) is 5.16 Å². The summed E-state index contributed by atoms with van der Waals surface area (Å²) in [5, 5.41) is 3.82. The zero-order chi connectivity index (χ0) is 9.14. The smallest absolute Gasteiger partial charge is 0.200 e. The first-order valence-electron chi connectivity index (χ1n) is 3.36. The average molecular weight is 186 g/mol. The molecule has 0 fully saturated rings. The lowest BCUT2D eigenvalue weighted by Gasteiger charge is -2.05. The molecule has 0 amide bonds. The van der Waals surface area contributed by atoms with Gasteiger partial charge in [-0.05, 0) is 19.1 Å². The Morgan fingerprint density at radius 2 is 2.17 bits per heavy atom. The number of Topliss-reactive ketones (excluding diaryl/α,β-unsaturated/α-hetero) is 1. The normalized spacial score (nSPS) is 20.6. The van der Waals surface area contributed by atoms with Crippen molar-refractivity contribution in [3.8, 4) is 0 Å². The molecule has 64 valence electrons. The van der Waals surface area contributed by atoms with E-state index >= 15 is 0 Å². The second-order valence-corrected chi connectivity index (χ2v) is 2.75. The molecule has 1 aliphatic carbocycles. The van der Waals surface area contributed by atoms with Gasteiger partial charge in [-0.1, -0.05) is 16.8 Å². The van der Waals surface area contributed by atoms with Crippen LogP contribution < -0.4 is 0 Å². The molecular weight excluding hydrogens is 178 g/mol. The Kier molecular flexibility index (Phi) is 2.65. The second-order valence-electron chi connectivity index (χ2n) is 2.35. The summed E-state index contributed by atoms with van der Waals surface area (Å²) >= 11 is 5.63. The van der Waals surface area contributed by atoms with E-state index in [9.17, 15) is 4.79 Å². The molecule has 0 saturated heterocycles. The molecule has 12 heavy (non-hydrogen) atoms. The minimum atomic E-state index is -0.160. The van der Waals surface area contributed by atoms with E-state index in [4.69, 9.17) is 11.6 Å². The second kappa shape index (κ2) is 3.54. The quantitative estimate of drug-likeness (QED) is 0.460. The van der Waals surface area contributed by atoms with E-state index < -0.39 is 0 Å². The van der Waals surface area contributed by atoms with Crippen LogP contribution in [0, 0.1) is 0 Å². The molecule has 0 aliphatic heterocycles. The molecule has 0 N–H and O–H groups in total. The van der Waals surface area contributed by atoms with Crippen LogP contribution >= 0.6 is 11.6 Å². The van der Waals surface area contributed by atoms with E-state index in [1.807, 2.05) is 0 Å². The molecule has 1 rings (SSSR count). The van der Waals surface area contributed by atoms with Crippen molar-refractivity contribution < 1.29 is 9.63 Å². The minimum Gasteiger partial charge on any atom is -0.399 e. The number of allylic oxidation sites excluding steroid dienone is 4. The molecule has 4 heteroatoms. The van der Waals surface area contributed by atoms with Gasteiger partial charge in [-0.2, -0.15) is 0 Å². The van der Waals surface area contributed by atoms with Crippen molar-refractivity contribution in [2.75, 3.05) is 7.11 Å². The SMILES string of the molecule is CO/N=C1/C=C(C)C(=O)C(Cl)=C1. The largest absolute Gasteiger partial charge is 0.399 e. The van der Waals surface area contributed by atoms with Gasteiger partial charge in [0.1, 0.15) is 12.8 Å². The van der Waals surface area contributed by atoms with Gasteiger partial charge in [0.05, 0.1) is 5.03 Å². The summed E-state index contributed by atoms with van der Waals surface area (Å²) in [4.78, 5) is 15.7. The highest BCUT2D eigenvalue weighted by Crippen LogP contribution is 2.15. The molecule has 0 aromatic rings. The van der Waals surface area contributed by atoms with E-state index in [-0.39, 0.29) is 10.8 Å². The molecule has 0 heterocycles. The molecule has 3 nitrogen and oxygen atoms in total. The fraction of sp³-hybridized carbons (Fsp3) is 0.250. The first-order chi connectivity index (χ1) is 5.65. The fourth-order valence-corrected chi connectivity index (χ4v) is 1.13. The maximum atomic E-state index is 11.1. The zero-order valence-electron chi connectivity index (χ0n) is 6.80. The lowest BCUT2D eigenvalue weighted by atomic mass is 10.1. The maximum absolute atomic E-state index is 11.1. The van der Waals surface area contributed by atoms with Crippen LogP contribution in [0.4, 0.5) is 0 Å². The molecule has 0 bridgehead atoms. The molecule has 0 spiro atoms. The third-order valence-corrected chi connectivity index (χ3v) is 1.69. The summed E-state index contributed by atoms with van der Waals surface area (Å²) in [7, 11) is 1.44. The first-order valence-corrected chi connectivity index (χ1v) is 3.74. The van der Waals surface area contributed by atoms with E-state index in [0.29, 0.717) is 11.3 Å². The van der Waals surface area contributed by atoms with Crippen molar-refractivity contribution in [1.29, 1.82) is 0 Å². The third-order valence-electron chi connectivity index (χ3n) is 1.41. The topological polar surface area (TPSA) is 38.7 Å². The van der Waals surface area contributed by atoms with Gasteiger partial charge in [-0.15, -0.1) is 0 Å². The Hall–Kier alpha value is -1.09. The molecule has 0 aromatic carbocycles. The number of ketones is 1. The van der Waals surface area contributed by atoms with Crippen molar-refractivity contribution in [3.05, 3.63) is 22.8 Å². The summed E-state index contributed by atoms with van der Waals surface area (Å²) in [5.41, 5.74) is 1.12. The Bertz CT molecular complexity index is 278. The predicted octanol–water partition coefficient (Wildman–Crippen LogP) is 1.64. The summed E-state index contributed by atoms with van der Waals surface area (Å²) in [5.74, 6) is -0.160. The van der Waals surface area contributed by atoms with Gasteiger partial charge < -0.3 is 4.84 Å². The van der Waals surface area contributed by atoms with Gasteiger partial charge >= 0.3 is 0 Å². The minimum absolute atomic E-state index is 0.160. The summed E-state index contributed by atoms with van der Waals surface area (Å²) in [6.45, 7) is 1.68. The van der Waals surface area contributed by atoms with Crippen LogP contribution in [0.2, 0.25) is 0 Å². The molecule has 1 aliphatic rings. The van der Waals surface area contributed by atoms with Crippen LogP contribution in [0.15, 0.2) is 27.9 Å². The van der Waals surface area contributed by atoms with Gasteiger partial charge in [-0.3, -0.25) is 4.79 Å². The van der Waals surface area contributed by atoms with Crippen molar-refractivity contribution >= 4 is 23.1 Å². The maximum Gasteiger partial charge on any atom is 0.200 e. The van der Waals surface area contributed by atoms with Gasteiger partial charge in [0.2, 0.25) is 0 Å². The number of rotatable bonds is 1. The number of carbonyl (C=O) groups excluding carboxylic acids is 1. The monoisotopic (exact) mass is 185 g/mol. The van der Waals surface area contributed by atoms with Crippen LogP contribution in [0.5, 0.6) is 0 Å². The van der Waals surface area contributed by atoms with Gasteiger partial charge in [-0.25, -0.2) is 0 Å². The number of halogens is 1. The van der Waals surface area contributed by atoms with Crippen LogP contribution in [0.1, 0.15) is 6.92 Å². The predicted molar refractivity (Wildman–Crippen MR) is 47.1 cm³/mol. The highest BCUT2D eigenvalue weighted by Gasteiger charge is 2.15. The average Bonchev–Trinajstić information content (AvgIpc) is 2.01. The molecule has 0 radical (unpaired) electrons. The number of nitrogens with zero attached hydrogens (tertiary/aromatic N) is 1. The summed E-state index contributed by atoms with van der Waals surface area (Å²) in [6, 6.07) is 0. The summed E-state index contributed by atoms with van der Waals surface area (Å²) in [6.07, 6.45) is 3.10. The Labute approximate surface area is 75.3 Å². The molecule has 0 unspecified atom stereocenters. The highest BCUT2D eigenvalue weighted by molar-refractivity contribution is 6.48. The van der Waals surface area contributed by atoms with Crippen LogP contribution in [0.25, 0.3) is 0 Å². The Morgan fingerprint density at radius 1 is 1.50 bits per heavy atom. The summed E-state index contributed by atoms with van der Waals surface area (Å²) < 4.78 is 0. The van der Waals surface area contributed by atoms with E-state index in [0.717, 1.165) is 0 Å².